The molecule has 4 N–H and O–H groups in total. The van der Waals surface area contributed by atoms with Crippen LogP contribution in [0.5, 0.6) is 0 Å². The summed E-state index contributed by atoms with van der Waals surface area (Å²) in [5.74, 6) is 0. The van der Waals surface area contributed by atoms with E-state index in [1.54, 1.807) is 0 Å². The maximum Gasteiger partial charge on any atom is 5.00 e. The molecule has 0 aliphatic rings. The van der Waals surface area contributed by atoms with Gasteiger partial charge in [0.05, 0.1) is 0 Å². The van der Waals surface area contributed by atoms with Gasteiger partial charge in [-0.15, -0.1) is 0 Å². The summed E-state index contributed by atoms with van der Waals surface area (Å²) in [7, 11) is 0. The molecule has 0 aromatic heterocycles. The van der Waals surface area contributed by atoms with Gasteiger partial charge in [0, 0.05) is 5.15 Å². The Balaban J connectivity index is -0.0000000200. The van der Waals surface area contributed by atoms with Gasteiger partial charge in [0.25, 0.3) is 0 Å². The van der Waals surface area contributed by atoms with Crippen LogP contribution in [0.4, 0.5) is 9.05 Å². The van der Waals surface area contributed by atoms with Gasteiger partial charge in [-0.25, -0.2) is 0 Å². The fourth-order valence-electron chi connectivity index (χ4n) is 0. The number of hydrogen-bond acceptors (Lipinski definition) is 1. The van der Waals surface area contributed by atoms with Gasteiger partial charge in [-0.05, 0) is 9.05 Å². The zero-order valence-electron chi connectivity index (χ0n) is 2.61. The van der Waals surface area contributed by atoms with Crippen molar-refractivity contribution in [2.75, 3.05) is 0 Å². The van der Waals surface area contributed by atoms with Crippen LogP contribution in [-0.2, 0) is 27.5 Å². The van der Waals surface area contributed by atoms with E-state index in [9.17, 15) is 0 Å². The summed E-state index contributed by atoms with van der Waals surface area (Å²) in [6.45, 7) is 0. The van der Waals surface area contributed by atoms with Gasteiger partial charge in [-0.3, -0.25) is 0 Å². The van der Waals surface area contributed by atoms with Crippen LogP contribution in [-0.4, -0.2) is 0 Å². The standard InChI is InChI=1S/F2O.H3N.Ta/c1-3-2;;/h;1H3;/q;;+5/p+1. The van der Waals surface area contributed by atoms with Crippen molar-refractivity contribution in [3.05, 3.63) is 0 Å². The fraction of sp³-hybridized carbons (Fsp3) is 0. The minimum Gasteiger partial charge on any atom is -0.369 e. The summed E-state index contributed by atoms with van der Waals surface area (Å²) in [6, 6.07) is 0. The van der Waals surface area contributed by atoms with Crippen LogP contribution in [0.25, 0.3) is 0 Å². The topological polar surface area (TPSA) is 45.7 Å². The maximum absolute atomic E-state index is 9.12. The maximum atomic E-state index is 9.12. The van der Waals surface area contributed by atoms with E-state index in [0.717, 1.165) is 0 Å². The minimum absolute atomic E-state index is 0. The molecule has 5 heavy (non-hydrogen) atoms. The Hall–Kier alpha value is 0.520. The molecule has 28 valence electrons. The summed E-state index contributed by atoms with van der Waals surface area (Å²) >= 11 is 0. The Kier molecular flexibility index (Phi) is 86.1. The molecule has 0 heterocycles. The molecule has 0 aliphatic carbocycles. The summed E-state index contributed by atoms with van der Waals surface area (Å²) in [4.78, 5) is 0. The SMILES string of the molecule is FOF.[NH4+].[Ta+5]. The second-order valence-corrected chi connectivity index (χ2v) is 0.0583. The second kappa shape index (κ2) is 24.2. The first-order chi connectivity index (χ1) is 1.41. The summed E-state index contributed by atoms with van der Waals surface area (Å²) in [5.41, 5.74) is 0. The van der Waals surface area contributed by atoms with Crippen LogP contribution in [0, 0.1) is 0 Å². The van der Waals surface area contributed by atoms with Crippen molar-refractivity contribution in [1.82, 2.24) is 6.15 Å². The molecule has 5 heteroatoms. The van der Waals surface area contributed by atoms with Crippen molar-refractivity contribution < 1.29 is 36.6 Å². The fourth-order valence-corrected chi connectivity index (χ4v) is 0. The molecule has 0 aromatic rings. The van der Waals surface area contributed by atoms with E-state index in [2.05, 4.69) is 0 Å². The van der Waals surface area contributed by atoms with Crippen LogP contribution >= 0.6 is 0 Å². The van der Waals surface area contributed by atoms with Crippen molar-refractivity contribution in [2.24, 2.45) is 0 Å². The molecule has 0 saturated carbocycles. The normalized spacial score (nSPS) is 3.60. The van der Waals surface area contributed by atoms with E-state index in [-0.39, 0.29) is 28.5 Å². The predicted molar refractivity (Wildman–Crippen MR) is 9.29 cm³/mol. The second-order valence-electron chi connectivity index (χ2n) is 0.0583. The quantitative estimate of drug-likeness (QED) is 0.691. The van der Waals surface area contributed by atoms with E-state index in [1.807, 2.05) is 0 Å². The zero-order chi connectivity index (χ0) is 2.71. The van der Waals surface area contributed by atoms with Crippen molar-refractivity contribution >= 4 is 0 Å². The van der Waals surface area contributed by atoms with E-state index in [1.165, 1.54) is 5.15 Å². The molecular formula is H4F2NOTa+6. The van der Waals surface area contributed by atoms with Crippen molar-refractivity contribution in [3.8, 4) is 0 Å². The van der Waals surface area contributed by atoms with Gasteiger partial charge in [0.1, 0.15) is 0 Å². The molecule has 0 aromatic carbocycles. The molecule has 0 aliphatic heterocycles. The van der Waals surface area contributed by atoms with Crippen LogP contribution in [0.2, 0.25) is 0 Å². The molecule has 0 saturated heterocycles. The molecule has 0 radical (unpaired) electrons. The molecule has 2 nitrogen and oxygen atoms in total. The van der Waals surface area contributed by atoms with Gasteiger partial charge < -0.3 is 6.15 Å². The Morgan fingerprint density at radius 3 is 1.20 bits per heavy atom. The van der Waals surface area contributed by atoms with Gasteiger partial charge in [0.2, 0.25) is 0 Å². The average molecular weight is 253 g/mol. The first-order valence-corrected chi connectivity index (χ1v) is 0.309. The Bertz CT molecular complexity index is 9.61. The van der Waals surface area contributed by atoms with E-state index >= 15 is 0 Å². The third-order valence-electron chi connectivity index (χ3n) is 0. The van der Waals surface area contributed by atoms with Crippen LogP contribution in [0.15, 0.2) is 0 Å². The number of quaternary nitrogens is 1. The van der Waals surface area contributed by atoms with Crippen molar-refractivity contribution in [3.63, 3.8) is 0 Å². The van der Waals surface area contributed by atoms with Gasteiger partial charge in [-0.2, -0.15) is 0 Å². The van der Waals surface area contributed by atoms with Crippen LogP contribution in [0.1, 0.15) is 0 Å². The smallest absolute Gasteiger partial charge is 0.369 e. The zero-order valence-corrected chi connectivity index (χ0v) is 5.82. The minimum atomic E-state index is 0. The van der Waals surface area contributed by atoms with Gasteiger partial charge in [-0.1, -0.05) is 0 Å². The van der Waals surface area contributed by atoms with E-state index in [4.69, 9.17) is 9.05 Å². The first-order valence-electron chi connectivity index (χ1n) is 0.309. The number of hydrogen-bond donors (Lipinski definition) is 1. The van der Waals surface area contributed by atoms with Crippen LogP contribution < -0.4 is 6.15 Å². The molecule has 0 spiro atoms. The molecule has 0 atom stereocenters. The monoisotopic (exact) mass is 253 g/mol. The number of rotatable bonds is 0. The molecule has 0 bridgehead atoms. The Morgan fingerprint density at radius 2 is 1.20 bits per heavy atom. The largest absolute Gasteiger partial charge is 5.00 e. The Labute approximate surface area is 43.4 Å². The predicted octanol–water partition coefficient (Wildman–Crippen LogP) is 1.15. The average Bonchev–Trinajstić information content (AvgIpc) is 0.918. The van der Waals surface area contributed by atoms with E-state index < -0.39 is 0 Å². The van der Waals surface area contributed by atoms with Crippen molar-refractivity contribution in [1.29, 1.82) is 0 Å². The van der Waals surface area contributed by atoms with Crippen molar-refractivity contribution in [2.45, 2.75) is 0 Å². The molecular weight excluding hydrogens is 249 g/mol. The van der Waals surface area contributed by atoms with E-state index in [0.29, 0.717) is 0 Å². The summed E-state index contributed by atoms with van der Waals surface area (Å²) in [5, 5.41) is 1.25. The summed E-state index contributed by atoms with van der Waals surface area (Å²) in [6.07, 6.45) is 0. The molecule has 0 unspecified atom stereocenters. The Morgan fingerprint density at radius 1 is 1.20 bits per heavy atom. The molecule has 0 amide bonds. The summed E-state index contributed by atoms with van der Waals surface area (Å²) < 4.78 is 18.2. The van der Waals surface area contributed by atoms with Gasteiger partial charge in [0.15, 0.2) is 0 Å². The molecule has 0 fully saturated rings. The third kappa shape index (κ3) is 106. The number of halogens is 2. The third-order valence-corrected chi connectivity index (χ3v) is 0. The molecule has 0 rings (SSSR count). The first kappa shape index (κ1) is 17.8. The van der Waals surface area contributed by atoms with Crippen LogP contribution in [0.3, 0.4) is 0 Å². The van der Waals surface area contributed by atoms with Gasteiger partial charge >= 0.3 is 22.4 Å².